The molecular weight excluding hydrogens is 270 g/mol. The normalized spacial score (nSPS) is 11.6. The Kier molecular flexibility index (Phi) is 6.29. The molecule has 2 N–H and O–H groups in total. The number of aryl methyl sites for hydroxylation is 1. The second kappa shape index (κ2) is 8.21. The number of hydrogen-bond donors (Lipinski definition) is 1. The summed E-state index contributed by atoms with van der Waals surface area (Å²) < 4.78 is 2.43. The third-order valence-corrected chi connectivity index (χ3v) is 4.68. The molecular formula is C19H31N3. The van der Waals surface area contributed by atoms with Crippen LogP contribution < -0.4 is 5.73 Å². The fourth-order valence-electron chi connectivity index (χ4n) is 3.26. The largest absolute Gasteiger partial charge is 0.397 e. The van der Waals surface area contributed by atoms with E-state index in [9.17, 15) is 0 Å². The van der Waals surface area contributed by atoms with E-state index in [1.807, 2.05) is 12.1 Å². The number of nitrogens with two attached hydrogens (primary N) is 1. The Balaban J connectivity index is 2.27. The van der Waals surface area contributed by atoms with Crippen LogP contribution in [0, 0.1) is 0 Å². The maximum Gasteiger partial charge on any atom is 0.113 e. The number of benzene rings is 1. The summed E-state index contributed by atoms with van der Waals surface area (Å²) in [6.07, 6.45) is 8.78. The van der Waals surface area contributed by atoms with Crippen molar-refractivity contribution in [2.75, 3.05) is 5.73 Å². The Morgan fingerprint density at radius 1 is 1.05 bits per heavy atom. The molecule has 0 fully saturated rings. The van der Waals surface area contributed by atoms with Crippen molar-refractivity contribution in [3.63, 3.8) is 0 Å². The zero-order valence-corrected chi connectivity index (χ0v) is 14.4. The number of nitrogens with zero attached hydrogens (tertiary/aromatic N) is 2. The number of hydrogen-bond acceptors (Lipinski definition) is 2. The number of rotatable bonds is 9. The van der Waals surface area contributed by atoms with Crippen molar-refractivity contribution in [2.24, 2.45) is 0 Å². The van der Waals surface area contributed by atoms with Gasteiger partial charge in [-0.1, -0.05) is 52.5 Å². The predicted octanol–water partition coefficient (Wildman–Crippen LogP) is 5.49. The Bertz CT molecular complexity index is 582. The molecule has 0 saturated heterocycles. The molecule has 0 aliphatic carbocycles. The smallest absolute Gasteiger partial charge is 0.113 e. The van der Waals surface area contributed by atoms with Crippen LogP contribution in [0.3, 0.4) is 0 Å². The minimum atomic E-state index is 0.530. The van der Waals surface area contributed by atoms with E-state index in [4.69, 9.17) is 10.7 Å². The Labute approximate surface area is 134 Å². The highest BCUT2D eigenvalue weighted by atomic mass is 15.1. The average Bonchev–Trinajstić information content (AvgIpc) is 2.89. The monoisotopic (exact) mass is 301 g/mol. The second-order valence-corrected chi connectivity index (χ2v) is 6.26. The summed E-state index contributed by atoms with van der Waals surface area (Å²) in [6, 6.07) is 6.16. The fraction of sp³-hybridized carbons (Fsp3) is 0.632. The van der Waals surface area contributed by atoms with Crippen LogP contribution in [0.1, 0.15) is 77.5 Å². The van der Waals surface area contributed by atoms with E-state index in [-0.39, 0.29) is 0 Å². The number of anilines is 1. The van der Waals surface area contributed by atoms with E-state index in [0.29, 0.717) is 5.92 Å². The SMILES string of the molecule is CCCCCCCn1c(C(CC)CC)nc2c(N)cccc21. The van der Waals surface area contributed by atoms with E-state index in [0.717, 1.165) is 30.6 Å². The Hall–Kier alpha value is -1.51. The fourth-order valence-corrected chi connectivity index (χ4v) is 3.26. The van der Waals surface area contributed by atoms with Gasteiger partial charge in [-0.25, -0.2) is 4.98 Å². The van der Waals surface area contributed by atoms with Crippen molar-refractivity contribution >= 4 is 16.7 Å². The van der Waals surface area contributed by atoms with Gasteiger partial charge < -0.3 is 10.3 Å². The maximum absolute atomic E-state index is 6.14. The highest BCUT2D eigenvalue weighted by Gasteiger charge is 2.18. The lowest BCUT2D eigenvalue weighted by molar-refractivity contribution is 0.521. The molecule has 1 heterocycles. The van der Waals surface area contributed by atoms with Crippen LogP contribution in [0.25, 0.3) is 11.0 Å². The molecule has 0 spiro atoms. The van der Waals surface area contributed by atoms with Crippen molar-refractivity contribution in [3.05, 3.63) is 24.0 Å². The molecule has 122 valence electrons. The van der Waals surface area contributed by atoms with Gasteiger partial charge in [0.1, 0.15) is 11.3 Å². The standard InChI is InChI=1S/C19H31N3/c1-4-7-8-9-10-14-22-17-13-11-12-16(20)18(17)21-19(22)15(5-2)6-3/h11-13,15H,4-10,14,20H2,1-3H3. The van der Waals surface area contributed by atoms with Crippen molar-refractivity contribution in [1.82, 2.24) is 9.55 Å². The van der Waals surface area contributed by atoms with E-state index >= 15 is 0 Å². The van der Waals surface area contributed by atoms with E-state index in [1.54, 1.807) is 0 Å². The number of unbranched alkanes of at least 4 members (excludes halogenated alkanes) is 4. The van der Waals surface area contributed by atoms with Crippen molar-refractivity contribution < 1.29 is 0 Å². The van der Waals surface area contributed by atoms with Crippen molar-refractivity contribution in [2.45, 2.75) is 78.2 Å². The minimum Gasteiger partial charge on any atom is -0.397 e. The number of aromatic nitrogens is 2. The maximum atomic E-state index is 6.14. The third-order valence-electron chi connectivity index (χ3n) is 4.68. The van der Waals surface area contributed by atoms with Gasteiger partial charge in [0.2, 0.25) is 0 Å². The first kappa shape index (κ1) is 16.9. The lowest BCUT2D eigenvalue weighted by Crippen LogP contribution is -2.08. The van der Waals surface area contributed by atoms with Gasteiger partial charge in [-0.3, -0.25) is 0 Å². The molecule has 2 rings (SSSR count). The molecule has 1 aromatic heterocycles. The predicted molar refractivity (Wildman–Crippen MR) is 96.2 cm³/mol. The van der Waals surface area contributed by atoms with Crippen molar-refractivity contribution in [1.29, 1.82) is 0 Å². The molecule has 3 heteroatoms. The molecule has 0 unspecified atom stereocenters. The highest BCUT2D eigenvalue weighted by Crippen LogP contribution is 2.29. The summed E-state index contributed by atoms with van der Waals surface area (Å²) in [7, 11) is 0. The molecule has 0 saturated carbocycles. The summed E-state index contributed by atoms with van der Waals surface area (Å²) in [6.45, 7) is 7.83. The van der Waals surface area contributed by atoms with Crippen LogP contribution in [-0.2, 0) is 6.54 Å². The molecule has 0 bridgehead atoms. The molecule has 0 aliphatic heterocycles. The van der Waals surface area contributed by atoms with Gasteiger partial charge in [0.05, 0.1) is 11.2 Å². The highest BCUT2D eigenvalue weighted by molar-refractivity contribution is 5.87. The summed E-state index contributed by atoms with van der Waals surface area (Å²) in [5.41, 5.74) is 9.13. The minimum absolute atomic E-state index is 0.530. The molecule has 0 radical (unpaired) electrons. The van der Waals surface area contributed by atoms with Gasteiger partial charge in [0, 0.05) is 12.5 Å². The molecule has 0 atom stereocenters. The van der Waals surface area contributed by atoms with Crippen LogP contribution >= 0.6 is 0 Å². The molecule has 22 heavy (non-hydrogen) atoms. The zero-order chi connectivity index (χ0) is 15.9. The second-order valence-electron chi connectivity index (χ2n) is 6.26. The summed E-state index contributed by atoms with van der Waals surface area (Å²) in [4.78, 5) is 4.91. The summed E-state index contributed by atoms with van der Waals surface area (Å²) in [5.74, 6) is 1.76. The first-order chi connectivity index (χ1) is 10.7. The summed E-state index contributed by atoms with van der Waals surface area (Å²) in [5, 5.41) is 0. The topological polar surface area (TPSA) is 43.8 Å². The van der Waals surface area contributed by atoms with Gasteiger partial charge >= 0.3 is 0 Å². The van der Waals surface area contributed by atoms with Gasteiger partial charge in [-0.2, -0.15) is 0 Å². The van der Waals surface area contributed by atoms with Crippen LogP contribution in [0.15, 0.2) is 18.2 Å². The zero-order valence-electron chi connectivity index (χ0n) is 14.4. The van der Waals surface area contributed by atoms with E-state index < -0.39 is 0 Å². The van der Waals surface area contributed by atoms with Crippen LogP contribution in [0.5, 0.6) is 0 Å². The molecule has 1 aromatic carbocycles. The van der Waals surface area contributed by atoms with Gasteiger partial charge in [-0.15, -0.1) is 0 Å². The van der Waals surface area contributed by atoms with Gasteiger partial charge in [-0.05, 0) is 31.4 Å². The first-order valence-electron chi connectivity index (χ1n) is 8.97. The number of para-hydroxylation sites is 1. The third kappa shape index (κ3) is 3.63. The molecule has 3 nitrogen and oxygen atoms in total. The lowest BCUT2D eigenvalue weighted by Gasteiger charge is -2.15. The number of nitrogen functional groups attached to an aromatic ring is 1. The quantitative estimate of drug-likeness (QED) is 0.491. The number of imidazole rings is 1. The number of fused-ring (bicyclic) bond motifs is 1. The Morgan fingerprint density at radius 3 is 2.45 bits per heavy atom. The molecule has 0 amide bonds. The van der Waals surface area contributed by atoms with Crippen LogP contribution in [0.4, 0.5) is 5.69 Å². The van der Waals surface area contributed by atoms with E-state index in [2.05, 4.69) is 31.4 Å². The van der Waals surface area contributed by atoms with Crippen molar-refractivity contribution in [3.8, 4) is 0 Å². The average molecular weight is 301 g/mol. The summed E-state index contributed by atoms with van der Waals surface area (Å²) >= 11 is 0. The Morgan fingerprint density at radius 2 is 1.77 bits per heavy atom. The first-order valence-corrected chi connectivity index (χ1v) is 8.97. The van der Waals surface area contributed by atoms with Gasteiger partial charge in [0.15, 0.2) is 0 Å². The molecule has 2 aromatic rings. The lowest BCUT2D eigenvalue weighted by atomic mass is 10.0. The van der Waals surface area contributed by atoms with Gasteiger partial charge in [0.25, 0.3) is 0 Å². The van der Waals surface area contributed by atoms with E-state index in [1.165, 1.54) is 43.4 Å². The van der Waals surface area contributed by atoms with Crippen LogP contribution in [-0.4, -0.2) is 9.55 Å². The molecule has 0 aliphatic rings. The van der Waals surface area contributed by atoms with Crippen LogP contribution in [0.2, 0.25) is 0 Å².